The van der Waals surface area contributed by atoms with Crippen LogP contribution < -0.4 is 4.74 Å². The number of aliphatic hydroxyl groups excluding tert-OH is 1. The molecule has 4 aromatic rings. The van der Waals surface area contributed by atoms with Gasteiger partial charge in [-0.25, -0.2) is 0 Å². The van der Waals surface area contributed by atoms with Gasteiger partial charge in [0.25, 0.3) is 11.7 Å². The Morgan fingerprint density at radius 2 is 1.72 bits per heavy atom. The molecule has 1 aliphatic rings. The molecule has 1 fully saturated rings. The van der Waals surface area contributed by atoms with Crippen molar-refractivity contribution in [2.24, 2.45) is 0 Å². The van der Waals surface area contributed by atoms with Crippen molar-refractivity contribution in [1.29, 1.82) is 0 Å². The SMILES string of the molecule is CCOc1ccc(C(O)=C2C(=O)C(=O)N(CCc3c[nH]c4ccccc34)[C@H]2c2ccc(O)cc2)cc1. The zero-order valence-corrected chi connectivity index (χ0v) is 19.8. The number of hydrogen-bond acceptors (Lipinski definition) is 5. The van der Waals surface area contributed by atoms with Crippen LogP contribution in [-0.2, 0) is 16.0 Å². The number of aromatic hydroxyl groups is 1. The monoisotopic (exact) mass is 482 g/mol. The van der Waals surface area contributed by atoms with Crippen molar-refractivity contribution < 1.29 is 24.5 Å². The maximum absolute atomic E-state index is 13.2. The van der Waals surface area contributed by atoms with E-state index in [1.165, 1.54) is 17.0 Å². The van der Waals surface area contributed by atoms with Crippen LogP contribution in [0.4, 0.5) is 0 Å². The van der Waals surface area contributed by atoms with E-state index < -0.39 is 17.7 Å². The van der Waals surface area contributed by atoms with Crippen LogP contribution in [0, 0.1) is 0 Å². The minimum absolute atomic E-state index is 0.0220. The summed E-state index contributed by atoms with van der Waals surface area (Å²) < 4.78 is 5.47. The molecule has 7 nitrogen and oxygen atoms in total. The molecule has 7 heteroatoms. The number of phenols is 1. The molecule has 0 bridgehead atoms. The van der Waals surface area contributed by atoms with E-state index in [-0.39, 0.29) is 23.6 Å². The van der Waals surface area contributed by atoms with E-state index in [0.29, 0.717) is 29.9 Å². The molecule has 0 radical (unpaired) electrons. The van der Waals surface area contributed by atoms with Gasteiger partial charge < -0.3 is 24.8 Å². The molecular formula is C29H26N2O5. The molecule has 3 N–H and O–H groups in total. The van der Waals surface area contributed by atoms with Crippen LogP contribution in [0.5, 0.6) is 11.5 Å². The number of ketones is 1. The minimum atomic E-state index is -0.789. The highest BCUT2D eigenvalue weighted by molar-refractivity contribution is 6.46. The van der Waals surface area contributed by atoms with Crippen LogP contribution in [0.15, 0.2) is 84.6 Å². The van der Waals surface area contributed by atoms with Crippen LogP contribution in [-0.4, -0.2) is 44.9 Å². The molecule has 182 valence electrons. The number of Topliss-reactive ketones (excluding diaryl/α,β-unsaturated/α-hetero) is 1. The Morgan fingerprint density at radius 1 is 1.00 bits per heavy atom. The summed E-state index contributed by atoms with van der Waals surface area (Å²) in [5.41, 5.74) is 3.09. The first kappa shape index (κ1) is 23.2. The molecule has 1 saturated heterocycles. The van der Waals surface area contributed by atoms with Crippen molar-refractivity contribution >= 4 is 28.4 Å². The third-order valence-corrected chi connectivity index (χ3v) is 6.48. The van der Waals surface area contributed by atoms with Crippen molar-refractivity contribution in [3.05, 3.63) is 101 Å². The molecule has 1 aliphatic heterocycles. The number of ether oxygens (including phenoxy) is 1. The summed E-state index contributed by atoms with van der Waals surface area (Å²) in [4.78, 5) is 31.2. The fourth-order valence-corrected chi connectivity index (χ4v) is 4.72. The number of aromatic amines is 1. The number of carbonyl (C=O) groups excluding carboxylic acids is 2. The molecule has 1 atom stereocenters. The lowest BCUT2D eigenvalue weighted by atomic mass is 9.95. The molecule has 2 heterocycles. The number of hydrogen-bond donors (Lipinski definition) is 3. The topological polar surface area (TPSA) is 103 Å². The Kier molecular flexibility index (Phi) is 6.21. The third-order valence-electron chi connectivity index (χ3n) is 6.48. The summed E-state index contributed by atoms with van der Waals surface area (Å²) >= 11 is 0. The smallest absolute Gasteiger partial charge is 0.295 e. The Morgan fingerprint density at radius 3 is 2.44 bits per heavy atom. The van der Waals surface area contributed by atoms with Gasteiger partial charge in [0, 0.05) is 29.2 Å². The molecule has 0 unspecified atom stereocenters. The molecule has 3 aromatic carbocycles. The molecule has 1 aromatic heterocycles. The number of H-pyrrole nitrogens is 1. The number of aromatic nitrogens is 1. The van der Waals surface area contributed by atoms with E-state index in [9.17, 15) is 19.8 Å². The number of aliphatic hydroxyl groups is 1. The fourth-order valence-electron chi connectivity index (χ4n) is 4.72. The second kappa shape index (κ2) is 9.62. The fraction of sp³-hybridized carbons (Fsp3) is 0.172. The number of likely N-dealkylation sites (tertiary alicyclic amines) is 1. The summed E-state index contributed by atoms with van der Waals surface area (Å²) in [6.45, 7) is 2.66. The number of nitrogens with one attached hydrogen (secondary N) is 1. The Bertz CT molecular complexity index is 1450. The summed E-state index contributed by atoms with van der Waals surface area (Å²) in [5, 5.41) is 22.1. The van der Waals surface area contributed by atoms with Crippen molar-refractivity contribution in [2.45, 2.75) is 19.4 Å². The van der Waals surface area contributed by atoms with Gasteiger partial charge in [-0.05, 0) is 66.9 Å². The first-order valence-electron chi connectivity index (χ1n) is 11.8. The molecule has 0 spiro atoms. The summed E-state index contributed by atoms with van der Waals surface area (Å²) in [6, 6.07) is 20.2. The zero-order chi connectivity index (χ0) is 25.2. The largest absolute Gasteiger partial charge is 0.508 e. The highest BCUT2D eigenvalue weighted by Crippen LogP contribution is 2.40. The van der Waals surface area contributed by atoms with E-state index in [1.807, 2.05) is 37.4 Å². The van der Waals surface area contributed by atoms with E-state index in [1.54, 1.807) is 36.4 Å². The van der Waals surface area contributed by atoms with Gasteiger partial charge >= 0.3 is 0 Å². The quantitative estimate of drug-likeness (QED) is 0.197. The van der Waals surface area contributed by atoms with Crippen LogP contribution in [0.1, 0.15) is 29.7 Å². The average Bonchev–Trinajstić information content (AvgIpc) is 3.42. The molecule has 36 heavy (non-hydrogen) atoms. The molecule has 0 saturated carbocycles. The first-order valence-corrected chi connectivity index (χ1v) is 11.8. The Hall–Kier alpha value is -4.52. The van der Waals surface area contributed by atoms with Crippen LogP contribution >= 0.6 is 0 Å². The second-order valence-electron chi connectivity index (χ2n) is 8.65. The standard InChI is InChI=1S/C29H26N2O5/c1-2-36-22-13-9-19(10-14-22)27(33)25-26(18-7-11-21(32)12-8-18)31(29(35)28(25)34)16-15-20-17-30-24-6-4-3-5-23(20)24/h3-14,17,26,30,32-33H,2,15-16H2,1H3/t26-/m0/s1. The number of nitrogens with zero attached hydrogens (tertiary/aromatic N) is 1. The number of fused-ring (bicyclic) bond motifs is 1. The number of para-hydroxylation sites is 1. The summed E-state index contributed by atoms with van der Waals surface area (Å²) in [5.74, 6) is -0.938. The number of phenolic OH excluding ortho intramolecular Hbond substituents is 1. The van der Waals surface area contributed by atoms with Gasteiger partial charge in [-0.15, -0.1) is 0 Å². The van der Waals surface area contributed by atoms with Gasteiger partial charge in [0.1, 0.15) is 17.3 Å². The maximum Gasteiger partial charge on any atom is 0.295 e. The van der Waals surface area contributed by atoms with Crippen molar-refractivity contribution in [2.75, 3.05) is 13.2 Å². The van der Waals surface area contributed by atoms with Gasteiger partial charge in [0.05, 0.1) is 18.2 Å². The summed E-state index contributed by atoms with van der Waals surface area (Å²) in [7, 11) is 0. The predicted octanol–water partition coefficient (Wildman–Crippen LogP) is 4.94. The van der Waals surface area contributed by atoms with Crippen LogP contribution in [0.25, 0.3) is 16.7 Å². The van der Waals surface area contributed by atoms with E-state index >= 15 is 0 Å². The number of rotatable bonds is 7. The van der Waals surface area contributed by atoms with Crippen molar-refractivity contribution in [3.8, 4) is 11.5 Å². The van der Waals surface area contributed by atoms with E-state index in [4.69, 9.17) is 4.74 Å². The van der Waals surface area contributed by atoms with Gasteiger partial charge in [0.15, 0.2) is 0 Å². The lowest BCUT2D eigenvalue weighted by molar-refractivity contribution is -0.139. The Labute approximate surface area is 208 Å². The zero-order valence-electron chi connectivity index (χ0n) is 19.8. The highest BCUT2D eigenvalue weighted by atomic mass is 16.5. The second-order valence-corrected chi connectivity index (χ2v) is 8.65. The molecule has 1 amide bonds. The van der Waals surface area contributed by atoms with Crippen molar-refractivity contribution in [3.63, 3.8) is 0 Å². The summed E-state index contributed by atoms with van der Waals surface area (Å²) in [6.07, 6.45) is 2.44. The van der Waals surface area contributed by atoms with Crippen molar-refractivity contribution in [1.82, 2.24) is 9.88 Å². The van der Waals surface area contributed by atoms with E-state index in [2.05, 4.69) is 4.98 Å². The molecular weight excluding hydrogens is 456 g/mol. The maximum atomic E-state index is 13.2. The Balaban J connectivity index is 1.54. The lowest BCUT2D eigenvalue weighted by Gasteiger charge is -2.25. The van der Waals surface area contributed by atoms with Gasteiger partial charge in [-0.3, -0.25) is 9.59 Å². The minimum Gasteiger partial charge on any atom is -0.508 e. The first-order chi connectivity index (χ1) is 17.5. The number of amides is 1. The lowest BCUT2D eigenvalue weighted by Crippen LogP contribution is -2.31. The molecule has 0 aliphatic carbocycles. The van der Waals surface area contributed by atoms with Gasteiger partial charge in [0.2, 0.25) is 0 Å². The number of benzene rings is 3. The van der Waals surface area contributed by atoms with Crippen LogP contribution in [0.2, 0.25) is 0 Å². The van der Waals surface area contributed by atoms with E-state index in [0.717, 1.165) is 16.5 Å². The van der Waals surface area contributed by atoms with Crippen LogP contribution in [0.3, 0.4) is 0 Å². The highest BCUT2D eigenvalue weighted by Gasteiger charge is 2.45. The third kappa shape index (κ3) is 4.20. The number of carbonyl (C=O) groups is 2. The molecule has 5 rings (SSSR count). The van der Waals surface area contributed by atoms with Gasteiger partial charge in [-0.2, -0.15) is 0 Å². The normalized spacial score (nSPS) is 17.1. The van der Waals surface area contributed by atoms with Gasteiger partial charge in [-0.1, -0.05) is 30.3 Å². The predicted molar refractivity (Wildman–Crippen MR) is 137 cm³/mol. The average molecular weight is 483 g/mol.